The monoisotopic (exact) mass is 299 g/mol. The first kappa shape index (κ1) is 15.1. The van der Waals surface area contributed by atoms with Crippen LogP contribution in [-0.4, -0.2) is 21.3 Å². The Labute approximate surface area is 131 Å². The number of aromatic nitrogens is 2. The Morgan fingerprint density at radius 1 is 1.32 bits per heavy atom. The van der Waals surface area contributed by atoms with Gasteiger partial charge in [-0.15, -0.1) is 0 Å². The van der Waals surface area contributed by atoms with E-state index in [0.717, 1.165) is 17.0 Å². The molecule has 22 heavy (non-hydrogen) atoms. The molecule has 118 valence electrons. The first-order valence-electron chi connectivity index (χ1n) is 8.32. The fraction of sp³-hybridized carbons (Fsp3) is 0.556. The van der Waals surface area contributed by atoms with E-state index in [4.69, 9.17) is 0 Å². The van der Waals surface area contributed by atoms with E-state index >= 15 is 0 Å². The summed E-state index contributed by atoms with van der Waals surface area (Å²) in [5.41, 5.74) is 3.47. The van der Waals surface area contributed by atoms with Crippen molar-refractivity contribution in [2.24, 2.45) is 5.92 Å². The molecule has 2 heterocycles. The maximum absolute atomic E-state index is 12.6. The van der Waals surface area contributed by atoms with Crippen molar-refractivity contribution in [3.05, 3.63) is 35.3 Å². The Balaban J connectivity index is 1.80. The Bertz CT molecular complexity index is 683. The lowest BCUT2D eigenvalue weighted by atomic mass is 9.84. The molecule has 3 rings (SSSR count). The Morgan fingerprint density at radius 3 is 2.77 bits per heavy atom. The van der Waals surface area contributed by atoms with Gasteiger partial charge in [-0.2, -0.15) is 0 Å². The number of aryl methyl sites for hydroxylation is 2. The highest BCUT2D eigenvalue weighted by Gasteiger charge is 2.23. The van der Waals surface area contributed by atoms with Crippen molar-refractivity contribution < 1.29 is 4.79 Å². The Hall–Kier alpha value is -1.84. The van der Waals surface area contributed by atoms with Gasteiger partial charge >= 0.3 is 0 Å². The number of amides is 1. The molecule has 0 saturated heterocycles. The molecule has 1 amide bonds. The van der Waals surface area contributed by atoms with Crippen molar-refractivity contribution in [2.75, 3.05) is 0 Å². The van der Waals surface area contributed by atoms with E-state index in [1.807, 2.05) is 36.6 Å². The number of hydrogen-bond acceptors (Lipinski definition) is 2. The maximum atomic E-state index is 12.6. The molecule has 1 saturated carbocycles. The summed E-state index contributed by atoms with van der Waals surface area (Å²) in [4.78, 5) is 17.2. The third kappa shape index (κ3) is 2.87. The van der Waals surface area contributed by atoms with Gasteiger partial charge in [0.1, 0.15) is 5.65 Å². The van der Waals surface area contributed by atoms with Crippen LogP contribution in [0.4, 0.5) is 0 Å². The molecule has 1 atom stereocenters. The highest BCUT2D eigenvalue weighted by Crippen LogP contribution is 2.26. The quantitative estimate of drug-likeness (QED) is 0.940. The Kier molecular flexibility index (Phi) is 4.19. The lowest BCUT2D eigenvalue weighted by molar-refractivity contribution is 0.0921. The van der Waals surface area contributed by atoms with Crippen molar-refractivity contribution >= 4 is 11.6 Å². The summed E-state index contributed by atoms with van der Waals surface area (Å²) in [7, 11) is 0. The van der Waals surface area contributed by atoms with E-state index in [9.17, 15) is 4.79 Å². The normalized spacial score (nSPS) is 17.6. The lowest BCUT2D eigenvalue weighted by Gasteiger charge is -2.28. The third-order valence-electron chi connectivity index (χ3n) is 4.90. The van der Waals surface area contributed by atoms with Crippen LogP contribution in [0.15, 0.2) is 18.3 Å². The van der Waals surface area contributed by atoms with Crippen LogP contribution in [0.25, 0.3) is 5.65 Å². The van der Waals surface area contributed by atoms with Crippen LogP contribution in [0.2, 0.25) is 0 Å². The number of carbonyl (C=O) groups is 1. The van der Waals surface area contributed by atoms with Crippen molar-refractivity contribution in [3.63, 3.8) is 0 Å². The van der Waals surface area contributed by atoms with Gasteiger partial charge in [-0.1, -0.05) is 19.3 Å². The first-order valence-corrected chi connectivity index (χ1v) is 8.32. The number of hydrogen-bond donors (Lipinski definition) is 1. The molecule has 2 aromatic rings. The van der Waals surface area contributed by atoms with Crippen LogP contribution < -0.4 is 5.32 Å². The number of rotatable bonds is 3. The van der Waals surface area contributed by atoms with Crippen LogP contribution in [0.1, 0.15) is 60.8 Å². The van der Waals surface area contributed by atoms with Gasteiger partial charge in [0.2, 0.25) is 0 Å². The SMILES string of the molecule is Cc1cc(C)n2ccc(C(=O)NC(C)C3CCCCC3)c2n1. The number of fused-ring (bicyclic) bond motifs is 1. The molecule has 4 heteroatoms. The summed E-state index contributed by atoms with van der Waals surface area (Å²) >= 11 is 0. The van der Waals surface area contributed by atoms with Gasteiger partial charge in [0.15, 0.2) is 0 Å². The molecule has 0 aromatic carbocycles. The van der Waals surface area contributed by atoms with E-state index in [1.165, 1.54) is 32.1 Å². The largest absolute Gasteiger partial charge is 0.349 e. The molecule has 1 N–H and O–H groups in total. The molecule has 1 unspecified atom stereocenters. The molecular formula is C18H25N3O. The number of nitrogens with one attached hydrogen (secondary N) is 1. The molecule has 4 nitrogen and oxygen atoms in total. The van der Waals surface area contributed by atoms with Crippen molar-refractivity contribution in [3.8, 4) is 0 Å². The zero-order valence-electron chi connectivity index (χ0n) is 13.7. The van der Waals surface area contributed by atoms with E-state index < -0.39 is 0 Å². The summed E-state index contributed by atoms with van der Waals surface area (Å²) in [6.07, 6.45) is 8.31. The zero-order valence-corrected chi connectivity index (χ0v) is 13.7. The molecule has 1 aliphatic rings. The molecule has 0 bridgehead atoms. The Morgan fingerprint density at radius 2 is 2.05 bits per heavy atom. The van der Waals surface area contributed by atoms with Gasteiger partial charge in [0.25, 0.3) is 5.91 Å². The molecule has 0 aliphatic heterocycles. The van der Waals surface area contributed by atoms with Gasteiger partial charge < -0.3 is 9.72 Å². The minimum absolute atomic E-state index is 0.00178. The summed E-state index contributed by atoms with van der Waals surface area (Å²) in [5, 5.41) is 3.19. The zero-order chi connectivity index (χ0) is 15.7. The average Bonchev–Trinajstić information content (AvgIpc) is 2.92. The summed E-state index contributed by atoms with van der Waals surface area (Å²) < 4.78 is 1.98. The predicted octanol–water partition coefficient (Wildman–Crippen LogP) is 3.65. The van der Waals surface area contributed by atoms with Crippen LogP contribution in [0.5, 0.6) is 0 Å². The topological polar surface area (TPSA) is 46.4 Å². The highest BCUT2D eigenvalue weighted by molar-refractivity contribution is 6.00. The van der Waals surface area contributed by atoms with E-state index in [-0.39, 0.29) is 11.9 Å². The summed E-state index contributed by atoms with van der Waals surface area (Å²) in [5.74, 6) is 0.612. The molecule has 2 aromatic heterocycles. The van der Waals surface area contributed by atoms with Crippen LogP contribution >= 0.6 is 0 Å². The van der Waals surface area contributed by atoms with Crippen molar-refractivity contribution in [2.45, 2.75) is 58.9 Å². The maximum Gasteiger partial charge on any atom is 0.255 e. The number of nitrogens with zero attached hydrogens (tertiary/aromatic N) is 2. The second-order valence-corrected chi connectivity index (χ2v) is 6.62. The van der Waals surface area contributed by atoms with Gasteiger partial charge in [-0.3, -0.25) is 4.79 Å². The van der Waals surface area contributed by atoms with Gasteiger partial charge in [0.05, 0.1) is 5.56 Å². The molecular weight excluding hydrogens is 274 g/mol. The molecule has 1 aliphatic carbocycles. The second kappa shape index (κ2) is 6.11. The van der Waals surface area contributed by atoms with Crippen molar-refractivity contribution in [1.29, 1.82) is 0 Å². The minimum atomic E-state index is -0.00178. The van der Waals surface area contributed by atoms with E-state index in [0.29, 0.717) is 11.5 Å². The fourth-order valence-electron chi connectivity index (χ4n) is 3.61. The smallest absolute Gasteiger partial charge is 0.255 e. The van der Waals surface area contributed by atoms with E-state index in [1.54, 1.807) is 0 Å². The molecule has 1 fully saturated rings. The van der Waals surface area contributed by atoms with Crippen LogP contribution in [0.3, 0.4) is 0 Å². The fourth-order valence-corrected chi connectivity index (χ4v) is 3.61. The molecule has 0 spiro atoms. The van der Waals surface area contributed by atoms with Crippen LogP contribution in [-0.2, 0) is 0 Å². The average molecular weight is 299 g/mol. The van der Waals surface area contributed by atoms with E-state index in [2.05, 4.69) is 17.2 Å². The lowest BCUT2D eigenvalue weighted by Crippen LogP contribution is -2.38. The predicted molar refractivity (Wildman–Crippen MR) is 88.2 cm³/mol. The molecule has 0 radical (unpaired) electrons. The standard InChI is InChI=1S/C18H25N3O/c1-12-11-13(2)21-10-9-16(17(21)19-12)18(22)20-14(3)15-7-5-4-6-8-15/h9-11,14-15H,4-8H2,1-3H3,(H,20,22). The summed E-state index contributed by atoms with van der Waals surface area (Å²) in [6.45, 7) is 6.14. The number of carbonyl (C=O) groups excluding carboxylic acids is 1. The van der Waals surface area contributed by atoms with Crippen LogP contribution in [0, 0.1) is 19.8 Å². The summed E-state index contributed by atoms with van der Waals surface area (Å²) in [6, 6.07) is 4.13. The minimum Gasteiger partial charge on any atom is -0.349 e. The second-order valence-electron chi connectivity index (χ2n) is 6.62. The van der Waals surface area contributed by atoms with Crippen molar-refractivity contribution in [1.82, 2.24) is 14.7 Å². The third-order valence-corrected chi connectivity index (χ3v) is 4.90. The highest BCUT2D eigenvalue weighted by atomic mass is 16.1. The van der Waals surface area contributed by atoms with Gasteiger partial charge in [0, 0.05) is 23.6 Å². The van der Waals surface area contributed by atoms with Gasteiger partial charge in [-0.25, -0.2) is 4.98 Å². The first-order chi connectivity index (χ1) is 10.6. The van der Waals surface area contributed by atoms with Gasteiger partial charge in [-0.05, 0) is 51.7 Å².